The molecule has 3 fully saturated rings. The highest BCUT2D eigenvalue weighted by molar-refractivity contribution is 5.88. The van der Waals surface area contributed by atoms with Gasteiger partial charge in [-0.25, -0.2) is 29.3 Å². The largest absolute Gasteiger partial charge is 0.455 e. The maximum Gasteiger partial charge on any atom is 0.160 e. The van der Waals surface area contributed by atoms with E-state index in [1.807, 2.05) is 23.7 Å². The van der Waals surface area contributed by atoms with Gasteiger partial charge in [0.2, 0.25) is 0 Å². The number of imidazole rings is 1. The van der Waals surface area contributed by atoms with Crippen molar-refractivity contribution in [2.24, 2.45) is 7.05 Å². The molecule has 2 atom stereocenters. The molecule has 3 aliphatic heterocycles. The van der Waals surface area contributed by atoms with Crippen molar-refractivity contribution in [2.75, 3.05) is 23.3 Å². The Morgan fingerprint density at radius 2 is 2.00 bits per heavy atom. The number of aromatic nitrogens is 6. The standard InChI is InChI=1S/C27H26FN9O/c1-15-22(38-18-9-21-27(30-11-18)36(2)14-33-21)7-5-19(24(15)28)34-26-25-20(31-13-32-26)6-8-23(35-25)37-12-16-3-4-17(37)10-29-16/h5-9,11,13-14,16-17,29H,3-4,10,12H2,1-2H3,(H,31,32,34)/t16-,17-/m1/s1. The molecule has 7 heterocycles. The zero-order valence-electron chi connectivity index (χ0n) is 21.0. The lowest BCUT2D eigenvalue weighted by molar-refractivity contribution is 0.289. The topological polar surface area (TPSA) is 106 Å². The van der Waals surface area contributed by atoms with E-state index < -0.39 is 5.82 Å². The molecule has 0 saturated carbocycles. The highest BCUT2D eigenvalue weighted by atomic mass is 19.1. The van der Waals surface area contributed by atoms with Crippen LogP contribution in [0.15, 0.2) is 49.2 Å². The minimum Gasteiger partial charge on any atom is -0.455 e. The molecule has 10 nitrogen and oxygen atoms in total. The number of rotatable bonds is 5. The number of aryl methyl sites for hydroxylation is 1. The lowest BCUT2D eigenvalue weighted by Gasteiger charge is -2.46. The molecule has 0 spiro atoms. The van der Waals surface area contributed by atoms with Crippen LogP contribution in [0, 0.1) is 12.7 Å². The molecule has 0 aliphatic carbocycles. The van der Waals surface area contributed by atoms with Gasteiger partial charge in [-0.05, 0) is 44.0 Å². The number of piperazine rings is 1. The summed E-state index contributed by atoms with van der Waals surface area (Å²) in [6, 6.07) is 10.0. The summed E-state index contributed by atoms with van der Waals surface area (Å²) in [5.74, 6) is 1.79. The maximum atomic E-state index is 15.5. The minimum absolute atomic E-state index is 0.279. The summed E-state index contributed by atoms with van der Waals surface area (Å²) < 4.78 is 23.3. The van der Waals surface area contributed by atoms with Crippen LogP contribution < -0.4 is 20.3 Å². The molecular formula is C27H26FN9O. The van der Waals surface area contributed by atoms with Crippen LogP contribution in [-0.4, -0.2) is 54.7 Å². The third-order valence-electron chi connectivity index (χ3n) is 7.45. The van der Waals surface area contributed by atoms with Crippen LogP contribution in [0.2, 0.25) is 0 Å². The van der Waals surface area contributed by atoms with Gasteiger partial charge < -0.3 is 24.8 Å². The number of pyridine rings is 2. The van der Waals surface area contributed by atoms with E-state index in [2.05, 4.69) is 35.5 Å². The molecule has 3 saturated heterocycles. The monoisotopic (exact) mass is 511 g/mol. The number of nitrogens with zero attached hydrogens (tertiary/aromatic N) is 7. The lowest BCUT2D eigenvalue weighted by atomic mass is 9.93. The first-order chi connectivity index (χ1) is 18.5. The molecule has 192 valence electrons. The average molecular weight is 512 g/mol. The first kappa shape index (κ1) is 22.8. The van der Waals surface area contributed by atoms with E-state index in [1.165, 1.54) is 12.7 Å². The quantitative estimate of drug-likeness (QED) is 0.359. The number of ether oxygens (including phenoxy) is 1. The molecule has 38 heavy (non-hydrogen) atoms. The Hall–Kier alpha value is -4.38. The number of fused-ring (bicyclic) bond motifs is 5. The van der Waals surface area contributed by atoms with Crippen molar-refractivity contribution in [1.29, 1.82) is 0 Å². The summed E-state index contributed by atoms with van der Waals surface area (Å²) in [5.41, 5.74) is 3.39. The predicted octanol–water partition coefficient (Wildman–Crippen LogP) is 4.23. The maximum absolute atomic E-state index is 15.5. The van der Waals surface area contributed by atoms with Gasteiger partial charge in [0, 0.05) is 43.9 Å². The first-order valence-corrected chi connectivity index (χ1v) is 12.7. The zero-order chi connectivity index (χ0) is 25.8. The van der Waals surface area contributed by atoms with Crippen LogP contribution in [0.3, 0.4) is 0 Å². The number of halogens is 1. The SMILES string of the molecule is Cc1c(Oc2cnc3c(c2)ncn3C)ccc(Nc2ncnc3ccc(N4C[C@H]5CC[C@@H]4CN5)nc23)c1F. The third-order valence-corrected chi connectivity index (χ3v) is 7.45. The summed E-state index contributed by atoms with van der Waals surface area (Å²) in [4.78, 5) is 24.7. The molecule has 4 aromatic heterocycles. The minimum atomic E-state index is -0.434. The Balaban J connectivity index is 1.17. The molecule has 3 aliphatic rings. The molecular weight excluding hydrogens is 485 g/mol. The number of hydrogen-bond donors (Lipinski definition) is 2. The van der Waals surface area contributed by atoms with Gasteiger partial charge in [0.25, 0.3) is 0 Å². The van der Waals surface area contributed by atoms with E-state index in [0.717, 1.165) is 31.0 Å². The highest BCUT2D eigenvalue weighted by Gasteiger charge is 2.34. The fraction of sp³-hybridized carbons (Fsp3) is 0.296. The van der Waals surface area contributed by atoms with Crippen LogP contribution in [-0.2, 0) is 7.05 Å². The molecule has 2 bridgehead atoms. The normalized spacial score (nSPS) is 18.9. The number of hydrogen-bond acceptors (Lipinski definition) is 9. The van der Waals surface area contributed by atoms with E-state index in [0.29, 0.717) is 51.5 Å². The van der Waals surface area contributed by atoms with Crippen molar-refractivity contribution in [3.05, 3.63) is 60.6 Å². The van der Waals surface area contributed by atoms with Crippen molar-refractivity contribution in [3.8, 4) is 11.5 Å². The van der Waals surface area contributed by atoms with E-state index in [-0.39, 0.29) is 5.69 Å². The second kappa shape index (κ2) is 8.88. The fourth-order valence-electron chi connectivity index (χ4n) is 5.35. The van der Waals surface area contributed by atoms with Gasteiger partial charge >= 0.3 is 0 Å². The molecule has 0 unspecified atom stereocenters. The van der Waals surface area contributed by atoms with Crippen LogP contribution in [0.25, 0.3) is 22.2 Å². The van der Waals surface area contributed by atoms with Gasteiger partial charge in [0.05, 0.1) is 23.7 Å². The number of nitrogens with one attached hydrogen (secondary N) is 2. The fourth-order valence-corrected chi connectivity index (χ4v) is 5.35. The van der Waals surface area contributed by atoms with Crippen LogP contribution >= 0.6 is 0 Å². The van der Waals surface area contributed by atoms with E-state index in [4.69, 9.17) is 9.72 Å². The van der Waals surface area contributed by atoms with E-state index in [1.54, 1.807) is 37.6 Å². The number of benzene rings is 1. The number of piperidine rings is 2. The van der Waals surface area contributed by atoms with Crippen molar-refractivity contribution in [1.82, 2.24) is 34.8 Å². The van der Waals surface area contributed by atoms with Crippen molar-refractivity contribution < 1.29 is 9.13 Å². The van der Waals surface area contributed by atoms with Gasteiger partial charge in [-0.3, -0.25) is 0 Å². The Kier molecular flexibility index (Phi) is 5.32. The summed E-state index contributed by atoms with van der Waals surface area (Å²) in [7, 11) is 1.88. The molecule has 2 N–H and O–H groups in total. The lowest BCUT2D eigenvalue weighted by Crippen LogP contribution is -2.61. The van der Waals surface area contributed by atoms with Crippen molar-refractivity contribution in [2.45, 2.75) is 31.8 Å². The average Bonchev–Trinajstić information content (AvgIpc) is 3.33. The molecule has 8 rings (SSSR count). The molecule has 0 radical (unpaired) electrons. The van der Waals surface area contributed by atoms with Gasteiger partial charge in [-0.1, -0.05) is 0 Å². The highest BCUT2D eigenvalue weighted by Crippen LogP contribution is 2.34. The van der Waals surface area contributed by atoms with Crippen LogP contribution in [0.5, 0.6) is 11.5 Å². The molecule has 0 amide bonds. The molecule has 1 aromatic carbocycles. The van der Waals surface area contributed by atoms with Gasteiger partial charge in [-0.2, -0.15) is 0 Å². The molecule has 5 aromatic rings. The third kappa shape index (κ3) is 3.86. The summed E-state index contributed by atoms with van der Waals surface area (Å²) in [6.45, 7) is 3.57. The van der Waals surface area contributed by atoms with Crippen molar-refractivity contribution in [3.63, 3.8) is 0 Å². The summed E-state index contributed by atoms with van der Waals surface area (Å²) >= 11 is 0. The Morgan fingerprint density at radius 3 is 2.82 bits per heavy atom. The predicted molar refractivity (Wildman–Crippen MR) is 142 cm³/mol. The zero-order valence-corrected chi connectivity index (χ0v) is 21.0. The van der Waals surface area contributed by atoms with Crippen molar-refractivity contribution >= 4 is 39.5 Å². The van der Waals surface area contributed by atoms with Gasteiger partial charge in [-0.15, -0.1) is 0 Å². The van der Waals surface area contributed by atoms with Crippen LogP contribution in [0.1, 0.15) is 18.4 Å². The summed E-state index contributed by atoms with van der Waals surface area (Å²) in [5, 5.41) is 6.71. The molecule has 11 heteroatoms. The van der Waals surface area contributed by atoms with Gasteiger partial charge in [0.15, 0.2) is 17.3 Å². The Labute approximate surface area is 217 Å². The number of anilines is 3. The first-order valence-electron chi connectivity index (χ1n) is 12.7. The van der Waals surface area contributed by atoms with Gasteiger partial charge in [0.1, 0.15) is 34.7 Å². The smallest absolute Gasteiger partial charge is 0.160 e. The van der Waals surface area contributed by atoms with Crippen LogP contribution in [0.4, 0.5) is 21.7 Å². The van der Waals surface area contributed by atoms with E-state index in [9.17, 15) is 0 Å². The summed E-state index contributed by atoms with van der Waals surface area (Å²) in [6.07, 6.45) is 7.10. The second-order valence-electron chi connectivity index (χ2n) is 9.89. The Morgan fingerprint density at radius 1 is 1.08 bits per heavy atom. The Bertz CT molecular complexity index is 1680. The second-order valence-corrected chi connectivity index (χ2v) is 9.89. The van der Waals surface area contributed by atoms with E-state index >= 15 is 4.39 Å².